The molecule has 1 fully saturated rings. The molecule has 3 N–H and O–H groups in total. The Bertz CT molecular complexity index is 1280. The highest BCUT2D eigenvalue weighted by molar-refractivity contribution is 6.07. The van der Waals surface area contributed by atoms with E-state index in [9.17, 15) is 14.4 Å². The number of fused-ring (bicyclic) bond motifs is 1. The number of aryl methyl sites for hydroxylation is 1. The molecule has 3 aromatic rings. The zero-order chi connectivity index (χ0) is 23.2. The molecule has 0 bridgehead atoms. The summed E-state index contributed by atoms with van der Waals surface area (Å²) in [6, 6.07) is 14.9. The molecule has 1 saturated heterocycles. The monoisotopic (exact) mass is 443 g/mol. The highest BCUT2D eigenvalue weighted by Crippen LogP contribution is 2.28. The van der Waals surface area contributed by atoms with Crippen LogP contribution >= 0.6 is 0 Å². The van der Waals surface area contributed by atoms with E-state index in [1.165, 1.54) is 5.56 Å². The molecule has 1 aliphatic heterocycles. The number of hydrogen-bond acceptors (Lipinski definition) is 4. The number of benzene rings is 2. The molecule has 1 atom stereocenters. The Kier molecular flexibility index (Phi) is 5.00. The third-order valence-corrected chi connectivity index (χ3v) is 6.43. The first kappa shape index (κ1) is 20.9. The van der Waals surface area contributed by atoms with Crippen LogP contribution < -0.4 is 16.0 Å². The molecule has 8 heteroatoms. The fraction of sp³-hybridized carbons (Fsp3) is 0.280. The summed E-state index contributed by atoms with van der Waals surface area (Å²) in [7, 11) is 0. The number of rotatable bonds is 5. The van der Waals surface area contributed by atoms with Crippen LogP contribution in [0.3, 0.4) is 0 Å². The van der Waals surface area contributed by atoms with Crippen molar-refractivity contribution < 1.29 is 14.4 Å². The van der Waals surface area contributed by atoms with Gasteiger partial charge in [0.15, 0.2) is 5.69 Å². The van der Waals surface area contributed by atoms with Crippen LogP contribution in [0.1, 0.15) is 51.8 Å². The Morgan fingerprint density at radius 1 is 1.15 bits per heavy atom. The topological polar surface area (TPSA) is 105 Å². The molecule has 2 aromatic carbocycles. The van der Waals surface area contributed by atoms with Gasteiger partial charge in [0.2, 0.25) is 0 Å². The second-order valence-electron chi connectivity index (χ2n) is 8.79. The minimum Gasteiger partial charge on any atom is -0.347 e. The summed E-state index contributed by atoms with van der Waals surface area (Å²) in [5, 5.41) is 12.6. The Balaban J connectivity index is 1.35. The zero-order valence-corrected chi connectivity index (χ0v) is 18.6. The van der Waals surface area contributed by atoms with Crippen LogP contribution in [-0.2, 0) is 29.7 Å². The number of imide groups is 1. The van der Waals surface area contributed by atoms with E-state index in [0.29, 0.717) is 11.3 Å². The third-order valence-electron chi connectivity index (χ3n) is 6.43. The van der Waals surface area contributed by atoms with Gasteiger partial charge in [-0.2, -0.15) is 5.10 Å². The van der Waals surface area contributed by atoms with E-state index in [1.54, 1.807) is 13.0 Å². The number of amides is 4. The molecule has 1 aliphatic carbocycles. The number of aromatic nitrogens is 2. The van der Waals surface area contributed by atoms with Crippen molar-refractivity contribution >= 4 is 17.8 Å². The smallest absolute Gasteiger partial charge is 0.322 e. The number of urea groups is 1. The number of carbonyl (C=O) groups is 3. The average Bonchev–Trinajstić information content (AvgIpc) is 3.47. The van der Waals surface area contributed by atoms with E-state index in [2.05, 4.69) is 21.0 Å². The largest absolute Gasteiger partial charge is 0.347 e. The molecular formula is C25H25N5O3. The van der Waals surface area contributed by atoms with Crippen LogP contribution in [0.25, 0.3) is 5.69 Å². The number of hydrogen-bond donors (Lipinski definition) is 3. The van der Waals surface area contributed by atoms with Crippen LogP contribution in [-0.4, -0.2) is 27.6 Å². The predicted molar refractivity (Wildman–Crippen MR) is 122 cm³/mol. The number of nitrogens with zero attached hydrogens (tertiary/aromatic N) is 2. The van der Waals surface area contributed by atoms with Crippen molar-refractivity contribution in [3.05, 3.63) is 82.2 Å². The van der Waals surface area contributed by atoms with E-state index in [-0.39, 0.29) is 12.5 Å². The van der Waals surface area contributed by atoms with Gasteiger partial charge < -0.3 is 10.6 Å². The average molecular weight is 444 g/mol. The molecular weight excluding hydrogens is 418 g/mol. The van der Waals surface area contributed by atoms with Gasteiger partial charge in [-0.25, -0.2) is 9.48 Å². The van der Waals surface area contributed by atoms with Crippen molar-refractivity contribution in [1.82, 2.24) is 25.7 Å². The molecule has 0 saturated carbocycles. The quantitative estimate of drug-likeness (QED) is 0.527. The first-order valence-corrected chi connectivity index (χ1v) is 11.0. The lowest BCUT2D eigenvalue weighted by Crippen LogP contribution is -2.40. The van der Waals surface area contributed by atoms with E-state index >= 15 is 0 Å². The summed E-state index contributed by atoms with van der Waals surface area (Å²) in [6.07, 6.45) is 2.75. The predicted octanol–water partition coefficient (Wildman–Crippen LogP) is 2.65. The zero-order valence-electron chi connectivity index (χ0n) is 18.6. The van der Waals surface area contributed by atoms with Gasteiger partial charge in [0.1, 0.15) is 5.54 Å². The summed E-state index contributed by atoms with van der Waals surface area (Å²) < 4.78 is 1.89. The fourth-order valence-corrected chi connectivity index (χ4v) is 4.52. The molecule has 5 rings (SSSR count). The summed E-state index contributed by atoms with van der Waals surface area (Å²) in [6.45, 7) is 3.98. The van der Waals surface area contributed by atoms with Gasteiger partial charge >= 0.3 is 6.03 Å². The van der Waals surface area contributed by atoms with Gasteiger partial charge in [0.25, 0.3) is 11.8 Å². The van der Waals surface area contributed by atoms with Gasteiger partial charge in [-0.3, -0.25) is 14.9 Å². The molecule has 4 amide bonds. The molecule has 2 heterocycles. The van der Waals surface area contributed by atoms with Crippen LogP contribution in [0.4, 0.5) is 4.79 Å². The second-order valence-corrected chi connectivity index (χ2v) is 8.79. The molecule has 0 spiro atoms. The molecule has 168 valence electrons. The van der Waals surface area contributed by atoms with Crippen molar-refractivity contribution in [2.45, 2.75) is 45.2 Å². The maximum absolute atomic E-state index is 13.1. The molecule has 2 aliphatic rings. The minimum absolute atomic E-state index is 0.220. The first-order chi connectivity index (χ1) is 15.8. The molecule has 1 unspecified atom stereocenters. The molecule has 8 nitrogen and oxygen atoms in total. The highest BCUT2D eigenvalue weighted by atomic mass is 16.2. The van der Waals surface area contributed by atoms with Crippen LogP contribution in [0.2, 0.25) is 0 Å². The Morgan fingerprint density at radius 3 is 2.67 bits per heavy atom. The van der Waals surface area contributed by atoms with Crippen LogP contribution in [0, 0.1) is 6.92 Å². The van der Waals surface area contributed by atoms with E-state index < -0.39 is 17.5 Å². The van der Waals surface area contributed by atoms with Gasteiger partial charge in [-0.1, -0.05) is 42.0 Å². The second kappa shape index (κ2) is 7.88. The normalized spacial score (nSPS) is 19.2. The van der Waals surface area contributed by atoms with Gasteiger partial charge in [-0.05, 0) is 56.4 Å². The van der Waals surface area contributed by atoms with Gasteiger partial charge in [0, 0.05) is 17.8 Å². The highest BCUT2D eigenvalue weighted by Gasteiger charge is 2.43. The molecule has 0 radical (unpaired) electrons. The van der Waals surface area contributed by atoms with E-state index in [1.807, 2.05) is 54.1 Å². The van der Waals surface area contributed by atoms with Crippen molar-refractivity contribution in [3.63, 3.8) is 0 Å². The summed E-state index contributed by atoms with van der Waals surface area (Å²) in [4.78, 5) is 36.9. The fourth-order valence-electron chi connectivity index (χ4n) is 4.52. The van der Waals surface area contributed by atoms with Crippen LogP contribution in [0.15, 0.2) is 48.5 Å². The molecule has 1 aromatic heterocycles. The number of carbonyl (C=O) groups excluding carboxylic acids is 3. The summed E-state index contributed by atoms with van der Waals surface area (Å²) in [5.41, 5.74) is 5.05. The first-order valence-electron chi connectivity index (χ1n) is 11.0. The SMILES string of the molecule is Cc1ccc(-n2nc(C(=O)NCc3cccc(C4(C)NC(=O)NC4=O)c3)c3c2CCC3)cc1. The third kappa shape index (κ3) is 3.67. The van der Waals surface area contributed by atoms with Crippen molar-refractivity contribution in [2.75, 3.05) is 0 Å². The van der Waals surface area contributed by atoms with Crippen molar-refractivity contribution in [2.24, 2.45) is 0 Å². The maximum Gasteiger partial charge on any atom is 0.322 e. The van der Waals surface area contributed by atoms with E-state index in [4.69, 9.17) is 0 Å². The van der Waals surface area contributed by atoms with Gasteiger partial charge in [0.05, 0.1) is 5.69 Å². The van der Waals surface area contributed by atoms with E-state index in [0.717, 1.165) is 41.8 Å². The summed E-state index contributed by atoms with van der Waals surface area (Å²) in [5.74, 6) is -0.617. The summed E-state index contributed by atoms with van der Waals surface area (Å²) >= 11 is 0. The number of nitrogens with one attached hydrogen (secondary N) is 3. The van der Waals surface area contributed by atoms with Gasteiger partial charge in [-0.15, -0.1) is 0 Å². The van der Waals surface area contributed by atoms with Crippen molar-refractivity contribution in [1.29, 1.82) is 0 Å². The standard InChI is InChI=1S/C25H25N5O3/c1-15-9-11-18(12-10-15)30-20-8-4-7-19(20)21(29-30)22(31)26-14-16-5-3-6-17(13-16)25(2)23(32)27-24(33)28-25/h3,5-6,9-13H,4,7-8,14H2,1-2H3,(H,26,31)(H2,27,28,32,33). The minimum atomic E-state index is -1.13. The lowest BCUT2D eigenvalue weighted by Gasteiger charge is -2.21. The Morgan fingerprint density at radius 2 is 1.94 bits per heavy atom. The maximum atomic E-state index is 13.1. The lowest BCUT2D eigenvalue weighted by atomic mass is 9.91. The Hall–Kier alpha value is -3.94. The van der Waals surface area contributed by atoms with Crippen molar-refractivity contribution in [3.8, 4) is 5.69 Å². The Labute approximate surface area is 191 Å². The lowest BCUT2D eigenvalue weighted by molar-refractivity contribution is -0.123. The molecule has 33 heavy (non-hydrogen) atoms. The van der Waals surface area contributed by atoms with Crippen LogP contribution in [0.5, 0.6) is 0 Å².